The summed E-state index contributed by atoms with van der Waals surface area (Å²) in [6.45, 7) is 5.26. The van der Waals surface area contributed by atoms with Crippen molar-refractivity contribution < 1.29 is 0 Å². The first-order valence-corrected chi connectivity index (χ1v) is 5.46. The summed E-state index contributed by atoms with van der Waals surface area (Å²) in [6.07, 6.45) is 11.3. The highest BCUT2D eigenvalue weighted by molar-refractivity contribution is 5.56. The third kappa shape index (κ3) is 7.76. The van der Waals surface area contributed by atoms with E-state index < -0.39 is 0 Å². The van der Waals surface area contributed by atoms with Crippen LogP contribution in [0.4, 0.5) is 0 Å². The predicted octanol–water partition coefficient (Wildman–Crippen LogP) is 0.257. The second-order valence-electron chi connectivity index (χ2n) is 3.26. The van der Waals surface area contributed by atoms with Gasteiger partial charge in [0.25, 0.3) is 0 Å². The van der Waals surface area contributed by atoms with Crippen molar-refractivity contribution in [1.82, 2.24) is 16.0 Å². The van der Waals surface area contributed by atoms with Crippen molar-refractivity contribution in [2.45, 2.75) is 6.42 Å². The summed E-state index contributed by atoms with van der Waals surface area (Å²) in [5.74, 6) is 0. The van der Waals surface area contributed by atoms with E-state index in [2.05, 4.69) is 39.2 Å². The molecule has 0 amide bonds. The van der Waals surface area contributed by atoms with Crippen molar-refractivity contribution in [2.24, 2.45) is 4.99 Å². The lowest BCUT2D eigenvalue weighted by Gasteiger charge is -1.78. The number of aliphatic imine (C=N–C) groups is 1. The molecule has 3 rings (SSSR count). The standard InChI is InChI=1S/2C4H7N.C3H6N2/c2*1-2-4-5-3-1;1-2-5-3-4-1/h1,3,5H,2,4H2;1-2,5H,3-4H2;3H,1-2H2,(H,4,5). The fourth-order valence-electron chi connectivity index (χ4n) is 1.16. The van der Waals surface area contributed by atoms with Gasteiger partial charge in [-0.1, -0.05) is 18.2 Å². The van der Waals surface area contributed by atoms with Crippen LogP contribution in [-0.4, -0.2) is 39.1 Å². The molecule has 3 heterocycles. The molecule has 0 unspecified atom stereocenters. The Kier molecular flexibility index (Phi) is 7.28. The van der Waals surface area contributed by atoms with Crippen LogP contribution in [0, 0.1) is 0 Å². The van der Waals surface area contributed by atoms with Gasteiger partial charge in [-0.15, -0.1) is 0 Å². The van der Waals surface area contributed by atoms with Gasteiger partial charge in [0.05, 0.1) is 12.9 Å². The molecule has 0 aromatic heterocycles. The van der Waals surface area contributed by atoms with E-state index >= 15 is 0 Å². The molecule has 0 bridgehead atoms. The summed E-state index contributed by atoms with van der Waals surface area (Å²) in [6, 6.07) is 0. The minimum Gasteiger partial charge on any atom is -0.391 e. The maximum absolute atomic E-state index is 3.85. The summed E-state index contributed by atoms with van der Waals surface area (Å²) in [7, 11) is 0. The summed E-state index contributed by atoms with van der Waals surface area (Å²) in [5.41, 5.74) is 0. The fourth-order valence-corrected chi connectivity index (χ4v) is 1.16. The topological polar surface area (TPSA) is 48.5 Å². The second kappa shape index (κ2) is 9.27. The largest absolute Gasteiger partial charge is 0.391 e. The molecule has 0 atom stereocenters. The van der Waals surface area contributed by atoms with Crippen LogP contribution in [0.25, 0.3) is 0 Å². The first-order valence-electron chi connectivity index (χ1n) is 5.46. The summed E-state index contributed by atoms with van der Waals surface area (Å²) in [5, 5.41) is 9.08. The lowest BCUT2D eigenvalue weighted by molar-refractivity contribution is 0.892. The van der Waals surface area contributed by atoms with Crippen molar-refractivity contribution in [3.05, 3.63) is 24.4 Å². The van der Waals surface area contributed by atoms with Gasteiger partial charge in [-0.25, -0.2) is 0 Å². The lowest BCUT2D eigenvalue weighted by atomic mass is 10.5. The van der Waals surface area contributed by atoms with E-state index in [4.69, 9.17) is 0 Å². The van der Waals surface area contributed by atoms with Gasteiger partial charge in [0.2, 0.25) is 0 Å². The molecule has 0 spiro atoms. The Balaban J connectivity index is 0.000000112. The second-order valence-corrected chi connectivity index (χ2v) is 3.26. The molecule has 3 N–H and O–H groups in total. The Morgan fingerprint density at radius 2 is 1.80 bits per heavy atom. The molecule has 0 fully saturated rings. The molecule has 4 nitrogen and oxygen atoms in total. The average Bonchev–Trinajstić information content (AvgIpc) is 3.09. The number of hydrogen-bond acceptors (Lipinski definition) is 4. The molecule has 3 aliphatic rings. The number of nitrogens with one attached hydrogen (secondary N) is 3. The van der Waals surface area contributed by atoms with Crippen molar-refractivity contribution in [2.75, 3.05) is 32.7 Å². The number of hydrogen-bond donors (Lipinski definition) is 3. The quantitative estimate of drug-likeness (QED) is 0.500. The molecule has 84 valence electrons. The van der Waals surface area contributed by atoms with Crippen LogP contribution in [0.15, 0.2) is 29.4 Å². The monoisotopic (exact) mass is 208 g/mol. The third-order valence-electron chi connectivity index (χ3n) is 1.95. The number of rotatable bonds is 0. The Morgan fingerprint density at radius 1 is 0.933 bits per heavy atom. The summed E-state index contributed by atoms with van der Waals surface area (Å²) < 4.78 is 0. The van der Waals surface area contributed by atoms with E-state index in [9.17, 15) is 0 Å². The van der Waals surface area contributed by atoms with Crippen LogP contribution in [0.3, 0.4) is 0 Å². The highest BCUT2D eigenvalue weighted by atomic mass is 15.0. The summed E-state index contributed by atoms with van der Waals surface area (Å²) >= 11 is 0. The first kappa shape index (κ1) is 11.8. The van der Waals surface area contributed by atoms with Crippen molar-refractivity contribution in [3.8, 4) is 0 Å². The molecule has 0 saturated carbocycles. The molecule has 0 saturated heterocycles. The minimum absolute atomic E-state index is 0.958. The number of nitrogens with zero attached hydrogens (tertiary/aromatic N) is 1. The minimum atomic E-state index is 0.958. The van der Waals surface area contributed by atoms with Gasteiger partial charge in [-0.3, -0.25) is 4.99 Å². The fraction of sp³-hybridized carbons (Fsp3) is 0.545. The van der Waals surface area contributed by atoms with E-state index in [0.29, 0.717) is 0 Å². The molecule has 0 aromatic rings. The Hall–Kier alpha value is -1.29. The molecule has 0 radical (unpaired) electrons. The van der Waals surface area contributed by atoms with E-state index in [1.807, 2.05) is 6.20 Å². The molecular weight excluding hydrogens is 188 g/mol. The third-order valence-corrected chi connectivity index (χ3v) is 1.95. The Labute approximate surface area is 91.5 Å². The van der Waals surface area contributed by atoms with Crippen LogP contribution in [0.1, 0.15) is 6.42 Å². The van der Waals surface area contributed by atoms with Gasteiger partial charge in [-0.2, -0.15) is 0 Å². The molecule has 3 aliphatic heterocycles. The Morgan fingerprint density at radius 3 is 2.00 bits per heavy atom. The van der Waals surface area contributed by atoms with Gasteiger partial charge < -0.3 is 16.0 Å². The highest BCUT2D eigenvalue weighted by Gasteiger charge is 1.82. The zero-order valence-electron chi connectivity index (χ0n) is 9.08. The average molecular weight is 208 g/mol. The maximum atomic E-state index is 3.85. The Bertz CT molecular complexity index is 165. The highest BCUT2D eigenvalue weighted by Crippen LogP contribution is 1.84. The van der Waals surface area contributed by atoms with Crippen LogP contribution in [0.2, 0.25) is 0 Å². The van der Waals surface area contributed by atoms with Crippen LogP contribution >= 0.6 is 0 Å². The normalized spacial score (nSPS) is 19.7. The van der Waals surface area contributed by atoms with E-state index in [1.165, 1.54) is 6.42 Å². The van der Waals surface area contributed by atoms with Gasteiger partial charge in [-0.05, 0) is 12.6 Å². The molecule has 0 aromatic carbocycles. The zero-order chi connectivity index (χ0) is 10.6. The SMILES string of the molecule is C1=CCNC1.C1=CNCC1.C1=NCCN1. The molecular formula is C11H20N4. The van der Waals surface area contributed by atoms with Crippen molar-refractivity contribution in [3.63, 3.8) is 0 Å². The van der Waals surface area contributed by atoms with Crippen LogP contribution in [0.5, 0.6) is 0 Å². The van der Waals surface area contributed by atoms with Crippen LogP contribution < -0.4 is 16.0 Å². The summed E-state index contributed by atoms with van der Waals surface area (Å²) in [4.78, 5) is 3.85. The van der Waals surface area contributed by atoms with E-state index in [-0.39, 0.29) is 0 Å². The van der Waals surface area contributed by atoms with Gasteiger partial charge in [0, 0.05) is 26.2 Å². The van der Waals surface area contributed by atoms with Gasteiger partial charge in [0.1, 0.15) is 0 Å². The smallest absolute Gasteiger partial charge is 0.0825 e. The van der Waals surface area contributed by atoms with Crippen LogP contribution in [-0.2, 0) is 0 Å². The van der Waals surface area contributed by atoms with E-state index in [1.54, 1.807) is 6.34 Å². The van der Waals surface area contributed by atoms with Gasteiger partial charge >= 0.3 is 0 Å². The zero-order valence-corrected chi connectivity index (χ0v) is 9.08. The van der Waals surface area contributed by atoms with Crippen molar-refractivity contribution >= 4 is 6.34 Å². The lowest BCUT2D eigenvalue weighted by Crippen LogP contribution is -2.04. The van der Waals surface area contributed by atoms with Crippen molar-refractivity contribution in [1.29, 1.82) is 0 Å². The molecule has 4 heteroatoms. The molecule has 0 aliphatic carbocycles. The van der Waals surface area contributed by atoms with E-state index in [0.717, 1.165) is 32.7 Å². The first-order chi connectivity index (χ1) is 7.50. The predicted molar refractivity (Wildman–Crippen MR) is 65.1 cm³/mol. The maximum Gasteiger partial charge on any atom is 0.0825 e. The molecule has 15 heavy (non-hydrogen) atoms. The van der Waals surface area contributed by atoms with Gasteiger partial charge in [0.15, 0.2) is 0 Å².